The molecule has 1 N–H and O–H groups in total. The van der Waals surface area contributed by atoms with Crippen LogP contribution in [0.4, 0.5) is 39.5 Å². The third-order valence-corrected chi connectivity index (χ3v) is 5.28. The van der Waals surface area contributed by atoms with Gasteiger partial charge in [0.2, 0.25) is 11.6 Å². The van der Waals surface area contributed by atoms with E-state index in [2.05, 4.69) is 24.8 Å². The Labute approximate surface area is 305 Å². The van der Waals surface area contributed by atoms with Crippen LogP contribution < -0.4 is 34.7 Å². The summed E-state index contributed by atoms with van der Waals surface area (Å²) >= 11 is 0. The number of nitrogens with one attached hydrogen (secondary N) is 1. The van der Waals surface area contributed by atoms with Gasteiger partial charge in [0.15, 0.2) is 23.3 Å². The van der Waals surface area contributed by atoms with E-state index in [0.29, 0.717) is 11.6 Å². The molecule has 0 aliphatic rings. The predicted octanol–water partition coefficient (Wildman–Crippen LogP) is 0.668. The molecule has 0 aliphatic heterocycles. The molecule has 0 saturated heterocycles. The zero-order valence-corrected chi connectivity index (χ0v) is 29.9. The second-order valence-electron chi connectivity index (χ2n) is 9.05. The molecular weight excluding hydrogens is 726 g/mol. The van der Waals surface area contributed by atoms with Crippen molar-refractivity contribution in [2.24, 2.45) is 21.1 Å². The molecule has 278 valence electrons. The van der Waals surface area contributed by atoms with E-state index in [1.807, 2.05) is 5.10 Å². The largest absolute Gasteiger partial charge is 1.00 e. The van der Waals surface area contributed by atoms with Crippen LogP contribution in [-0.2, 0) is 41.6 Å². The summed E-state index contributed by atoms with van der Waals surface area (Å²) in [6.07, 6.45) is -6.26. The summed E-state index contributed by atoms with van der Waals surface area (Å²) in [4.78, 5) is 53.3. The van der Waals surface area contributed by atoms with Gasteiger partial charge in [0.1, 0.15) is 11.4 Å². The Balaban J connectivity index is 0. The molecule has 4 rings (SSSR count). The van der Waals surface area contributed by atoms with E-state index < -0.39 is 48.2 Å². The fourth-order valence-corrected chi connectivity index (χ4v) is 3.07. The number of rotatable bonds is 6. The molecule has 14 nitrogen and oxygen atoms in total. The number of Topliss-reactive ketones (excluding diaryl/α,β-unsaturated/α-hetero) is 3. The molecule has 0 bridgehead atoms. The number of nitrogens with zero attached hydrogens (tertiary/aromatic N) is 7. The fourth-order valence-electron chi connectivity index (χ4n) is 3.07. The van der Waals surface area contributed by atoms with Crippen LogP contribution in [0.1, 0.15) is 47.2 Å². The number of halogens is 9. The Bertz CT molecular complexity index is 1670. The normalized spacial score (nSPS) is 10.7. The van der Waals surface area contributed by atoms with Crippen molar-refractivity contribution < 1.29 is 98.1 Å². The molecule has 0 aromatic carbocycles. The van der Waals surface area contributed by atoms with Crippen LogP contribution in [0.25, 0.3) is 11.5 Å². The van der Waals surface area contributed by atoms with Crippen molar-refractivity contribution >= 4 is 23.3 Å². The third kappa shape index (κ3) is 16.9. The second-order valence-corrected chi connectivity index (χ2v) is 9.05. The number of aromatic nitrogens is 8. The van der Waals surface area contributed by atoms with Crippen molar-refractivity contribution in [3.05, 3.63) is 60.6 Å². The number of imidazole rings is 3. The average molecular weight is 757 g/mol. The Morgan fingerprint density at radius 3 is 1.55 bits per heavy atom. The van der Waals surface area contributed by atoms with E-state index >= 15 is 0 Å². The zero-order chi connectivity index (χ0) is 39.0. The van der Waals surface area contributed by atoms with E-state index in [1.165, 1.54) is 44.1 Å². The Morgan fingerprint density at radius 1 is 0.784 bits per heavy atom. The van der Waals surface area contributed by atoms with Crippen molar-refractivity contribution in [2.75, 3.05) is 13.7 Å². The zero-order valence-electron chi connectivity index (χ0n) is 27.9. The van der Waals surface area contributed by atoms with Gasteiger partial charge in [-0.2, -0.15) is 51.7 Å². The number of ether oxygens (including phenoxy) is 1. The maximum absolute atomic E-state index is 12.2. The molecule has 0 radical (unpaired) electrons. The number of H-pyrrole nitrogens is 1. The minimum absolute atomic E-state index is 0. The first kappa shape index (κ1) is 48.8. The Hall–Kier alpha value is -4.35. The van der Waals surface area contributed by atoms with Crippen LogP contribution in [0.5, 0.6) is 0 Å². The molecule has 51 heavy (non-hydrogen) atoms. The van der Waals surface area contributed by atoms with Gasteiger partial charge in [-0.1, -0.05) is 0 Å². The van der Waals surface area contributed by atoms with Gasteiger partial charge in [-0.15, -0.1) is 0 Å². The molecule has 4 aromatic rings. The van der Waals surface area contributed by atoms with Gasteiger partial charge in [-0.05, 0) is 13.0 Å². The first-order chi connectivity index (χ1) is 23.0. The van der Waals surface area contributed by atoms with Gasteiger partial charge in [-0.25, -0.2) is 19.7 Å². The SMILES string of the molecule is CC(=O)c1nccn1C.CCOC(=O)C(F)(F)F.C[O-].Cn1ccnc1-c1cc(C(F)(F)F)[nH]n1.Cn1ccnc1C(=O)CC(=O)C(F)(F)F.[Na+]. The van der Waals surface area contributed by atoms with E-state index in [1.54, 1.807) is 41.8 Å². The van der Waals surface area contributed by atoms with Crippen LogP contribution in [-0.4, -0.2) is 88.2 Å². The summed E-state index contributed by atoms with van der Waals surface area (Å²) in [6, 6.07) is 0.933. The summed E-state index contributed by atoms with van der Waals surface area (Å²) in [5.41, 5.74) is -0.699. The minimum Gasteiger partial charge on any atom is -0.857 e. The topological polar surface area (TPSA) is 183 Å². The standard InChI is InChI=1S/C8H7F3N4.C8H7F3N2O2.C6H8N2O.C4H5F3O2.CH3O.Na/c1-15-3-2-12-7(15)5-4-6(14-13-5)8(9,10)11;1-13-3-2-12-7(13)5(14)4-6(15)8(9,10)11;1-5(9)6-7-3-4-8(6)2;1-2-9-3(8)4(5,6)7;1-2;/h2-4H,1H3,(H,13,14);2-3H,4H2,1H3;3-4H,1-2H3;2H2,1H3;1H3;/q;;;;-1;+1. The predicted molar refractivity (Wildman–Crippen MR) is 151 cm³/mol. The number of ketones is 3. The first-order valence-corrected chi connectivity index (χ1v) is 13.3. The molecule has 0 amide bonds. The van der Waals surface area contributed by atoms with Crippen molar-refractivity contribution in [3.8, 4) is 11.5 Å². The number of aromatic amines is 1. The van der Waals surface area contributed by atoms with E-state index in [-0.39, 0.29) is 53.5 Å². The summed E-state index contributed by atoms with van der Waals surface area (Å²) in [7, 11) is 5.69. The number of hydrogen-bond acceptors (Lipinski definition) is 10. The minimum atomic E-state index is -4.97. The molecule has 0 fully saturated rings. The van der Waals surface area contributed by atoms with Crippen LogP contribution in [0.3, 0.4) is 0 Å². The van der Waals surface area contributed by atoms with Gasteiger partial charge < -0.3 is 23.5 Å². The number of hydrogen-bond donors (Lipinski definition) is 1. The second kappa shape index (κ2) is 21.8. The van der Waals surface area contributed by atoms with Gasteiger partial charge >= 0.3 is 54.1 Å². The summed E-state index contributed by atoms with van der Waals surface area (Å²) in [6.45, 7) is 2.56. The van der Waals surface area contributed by atoms with Crippen molar-refractivity contribution in [2.45, 2.75) is 38.8 Å². The van der Waals surface area contributed by atoms with Gasteiger partial charge in [0.25, 0.3) is 0 Å². The van der Waals surface area contributed by atoms with Gasteiger partial charge in [0, 0.05) is 65.2 Å². The van der Waals surface area contributed by atoms with Crippen LogP contribution >= 0.6 is 0 Å². The quantitative estimate of drug-likeness (QED) is 0.0966. The molecule has 0 atom stereocenters. The van der Waals surface area contributed by atoms with Crippen LogP contribution in [0.15, 0.2) is 43.2 Å². The molecule has 24 heteroatoms. The monoisotopic (exact) mass is 756 g/mol. The fraction of sp³-hybridized carbons (Fsp3) is 0.407. The number of aryl methyl sites for hydroxylation is 3. The van der Waals surface area contributed by atoms with E-state index in [9.17, 15) is 58.7 Å². The number of carbonyl (C=O) groups is 4. The van der Waals surface area contributed by atoms with Gasteiger partial charge in [0.05, 0.1) is 13.0 Å². The van der Waals surface area contributed by atoms with Crippen molar-refractivity contribution in [1.82, 2.24) is 38.9 Å². The number of alkyl halides is 9. The Kier molecular flexibility index (Phi) is 20.8. The summed E-state index contributed by atoms with van der Waals surface area (Å²) in [5, 5.41) is 13.7. The molecule has 4 heterocycles. The molecule has 4 aromatic heterocycles. The maximum Gasteiger partial charge on any atom is 1.00 e. The first-order valence-electron chi connectivity index (χ1n) is 13.3. The Morgan fingerprint density at radius 2 is 1.25 bits per heavy atom. The van der Waals surface area contributed by atoms with Crippen molar-refractivity contribution in [3.63, 3.8) is 0 Å². The average Bonchev–Trinajstić information content (AvgIpc) is 3.82. The smallest absolute Gasteiger partial charge is 0.857 e. The molecule has 0 spiro atoms. The van der Waals surface area contributed by atoms with Gasteiger partial charge in [-0.3, -0.25) is 19.5 Å². The van der Waals surface area contributed by atoms with E-state index in [0.717, 1.165) is 13.2 Å². The molecule has 0 unspecified atom stereocenters. The maximum atomic E-state index is 12.2. The van der Waals surface area contributed by atoms with Crippen LogP contribution in [0, 0.1) is 0 Å². The number of esters is 1. The molecular formula is C27H30F9N8NaO6. The number of carbonyl (C=O) groups excluding carboxylic acids is 4. The molecule has 0 saturated carbocycles. The van der Waals surface area contributed by atoms with Crippen molar-refractivity contribution in [1.29, 1.82) is 0 Å². The van der Waals surface area contributed by atoms with E-state index in [4.69, 9.17) is 5.11 Å². The molecule has 0 aliphatic carbocycles. The summed E-state index contributed by atoms with van der Waals surface area (Å²) in [5.74, 6) is -4.39. The van der Waals surface area contributed by atoms with Crippen LogP contribution in [0.2, 0.25) is 0 Å². The third-order valence-electron chi connectivity index (χ3n) is 5.28. The summed E-state index contributed by atoms with van der Waals surface area (Å²) < 4.78 is 114.